The van der Waals surface area contributed by atoms with Crippen LogP contribution in [0.5, 0.6) is 0 Å². The van der Waals surface area contributed by atoms with Crippen LogP contribution in [-0.2, 0) is 14.3 Å². The average molecular weight is 274 g/mol. The van der Waals surface area contributed by atoms with Crippen LogP contribution in [-0.4, -0.2) is 18.5 Å². The van der Waals surface area contributed by atoms with Crippen LogP contribution in [0.4, 0.5) is 0 Å². The number of esters is 1. The molecular formula is C14H14N2O4. The zero-order chi connectivity index (χ0) is 14.7. The minimum Gasteiger partial charge on any atom is -0.469 e. The molecule has 0 radical (unpaired) electrons. The molecule has 2 rings (SSSR count). The first-order valence-corrected chi connectivity index (χ1v) is 6.17. The second-order valence-corrected chi connectivity index (χ2v) is 4.27. The highest BCUT2D eigenvalue weighted by atomic mass is 16.5. The van der Waals surface area contributed by atoms with Crippen molar-refractivity contribution < 1.29 is 18.7 Å². The van der Waals surface area contributed by atoms with E-state index in [1.807, 2.05) is 6.07 Å². The molecule has 0 saturated carbocycles. The Bertz CT molecular complexity index is 595. The molecule has 6 nitrogen and oxygen atoms in total. The standard InChI is InChI=1S/C14H14N2O4/c1-3-18-14(17)12-11(10-5-4-6-19-10)9(7-15)8(2)20-13(12)16/h4-6,11-12,16H,3H2,1-2H3. The smallest absolute Gasteiger partial charge is 0.319 e. The molecule has 1 N–H and O–H groups in total. The van der Waals surface area contributed by atoms with Gasteiger partial charge in [-0.25, -0.2) is 0 Å². The van der Waals surface area contributed by atoms with E-state index in [9.17, 15) is 10.1 Å². The van der Waals surface area contributed by atoms with E-state index in [1.54, 1.807) is 26.0 Å². The molecule has 1 aliphatic heterocycles. The molecule has 2 unspecified atom stereocenters. The lowest BCUT2D eigenvalue weighted by atomic mass is 9.81. The predicted molar refractivity (Wildman–Crippen MR) is 68.7 cm³/mol. The van der Waals surface area contributed by atoms with Crippen LogP contribution < -0.4 is 0 Å². The van der Waals surface area contributed by atoms with Crippen LogP contribution >= 0.6 is 0 Å². The number of nitrogens with zero attached hydrogens (tertiary/aromatic N) is 1. The van der Waals surface area contributed by atoms with Crippen LogP contribution in [0.1, 0.15) is 25.5 Å². The van der Waals surface area contributed by atoms with Crippen molar-refractivity contribution >= 4 is 11.9 Å². The molecule has 0 bridgehead atoms. The van der Waals surface area contributed by atoms with E-state index in [2.05, 4.69) is 0 Å². The summed E-state index contributed by atoms with van der Waals surface area (Å²) in [5.41, 5.74) is 0.272. The molecule has 6 heteroatoms. The first-order valence-electron chi connectivity index (χ1n) is 6.17. The van der Waals surface area contributed by atoms with Crippen molar-refractivity contribution in [1.29, 1.82) is 10.7 Å². The zero-order valence-corrected chi connectivity index (χ0v) is 11.2. The summed E-state index contributed by atoms with van der Waals surface area (Å²) < 4.78 is 15.5. The molecule has 0 amide bonds. The fourth-order valence-electron chi connectivity index (χ4n) is 2.22. The zero-order valence-electron chi connectivity index (χ0n) is 11.2. The maximum absolute atomic E-state index is 12.1. The van der Waals surface area contributed by atoms with Crippen molar-refractivity contribution in [1.82, 2.24) is 0 Å². The maximum atomic E-state index is 12.1. The molecule has 2 atom stereocenters. The van der Waals surface area contributed by atoms with E-state index in [1.165, 1.54) is 6.26 Å². The molecular weight excluding hydrogens is 260 g/mol. The van der Waals surface area contributed by atoms with Crippen LogP contribution in [0.25, 0.3) is 0 Å². The second-order valence-electron chi connectivity index (χ2n) is 4.27. The summed E-state index contributed by atoms with van der Waals surface area (Å²) in [6.45, 7) is 3.46. The molecule has 1 aromatic heterocycles. The van der Waals surface area contributed by atoms with Crippen molar-refractivity contribution in [2.75, 3.05) is 6.61 Å². The maximum Gasteiger partial charge on any atom is 0.319 e. The number of hydrogen-bond acceptors (Lipinski definition) is 6. The van der Waals surface area contributed by atoms with Gasteiger partial charge in [-0.1, -0.05) is 0 Å². The third kappa shape index (κ3) is 2.30. The lowest BCUT2D eigenvalue weighted by molar-refractivity contribution is -0.146. The lowest BCUT2D eigenvalue weighted by Gasteiger charge is -2.29. The molecule has 1 aliphatic rings. The Hall–Kier alpha value is -2.55. The largest absolute Gasteiger partial charge is 0.469 e. The molecule has 0 aliphatic carbocycles. The lowest BCUT2D eigenvalue weighted by Crippen LogP contribution is -2.37. The summed E-state index contributed by atoms with van der Waals surface area (Å²) in [7, 11) is 0. The highest BCUT2D eigenvalue weighted by Crippen LogP contribution is 2.39. The Morgan fingerprint density at radius 3 is 2.90 bits per heavy atom. The van der Waals surface area contributed by atoms with Crippen LogP contribution in [0, 0.1) is 22.7 Å². The van der Waals surface area contributed by atoms with Crippen molar-refractivity contribution in [3.8, 4) is 6.07 Å². The number of rotatable bonds is 3. The molecule has 0 spiro atoms. The van der Waals surface area contributed by atoms with Crippen molar-refractivity contribution in [3.05, 3.63) is 35.5 Å². The second kappa shape index (κ2) is 5.61. The summed E-state index contributed by atoms with van der Waals surface area (Å²) in [6.07, 6.45) is 1.46. The van der Waals surface area contributed by atoms with E-state index in [0.29, 0.717) is 11.5 Å². The fraction of sp³-hybridized carbons (Fsp3) is 0.357. The Morgan fingerprint density at radius 1 is 1.60 bits per heavy atom. The van der Waals surface area contributed by atoms with E-state index in [4.69, 9.17) is 19.3 Å². The van der Waals surface area contributed by atoms with E-state index >= 15 is 0 Å². The van der Waals surface area contributed by atoms with Gasteiger partial charge >= 0.3 is 5.97 Å². The highest BCUT2D eigenvalue weighted by molar-refractivity contribution is 5.99. The van der Waals surface area contributed by atoms with E-state index in [0.717, 1.165) is 0 Å². The molecule has 0 fully saturated rings. The van der Waals surface area contributed by atoms with Gasteiger partial charge in [0.05, 0.1) is 30.4 Å². The Labute approximate surface area is 116 Å². The van der Waals surface area contributed by atoms with Gasteiger partial charge in [0.1, 0.15) is 17.4 Å². The van der Waals surface area contributed by atoms with Gasteiger partial charge in [0, 0.05) is 0 Å². The first-order chi connectivity index (χ1) is 9.60. The average Bonchev–Trinajstić information content (AvgIpc) is 2.91. The summed E-state index contributed by atoms with van der Waals surface area (Å²) in [6, 6.07) is 5.36. The number of furan rings is 1. The van der Waals surface area contributed by atoms with Crippen molar-refractivity contribution in [2.45, 2.75) is 19.8 Å². The SMILES string of the molecule is CCOC(=O)C1C(=N)OC(C)=C(C#N)C1c1ccco1. The van der Waals surface area contributed by atoms with Gasteiger partial charge in [-0.15, -0.1) is 0 Å². The number of carbonyl (C=O) groups is 1. The van der Waals surface area contributed by atoms with Gasteiger partial charge in [0.15, 0.2) is 0 Å². The number of allylic oxidation sites excluding steroid dienone is 2. The molecule has 0 aromatic carbocycles. The first kappa shape index (κ1) is 13.9. The fourth-order valence-corrected chi connectivity index (χ4v) is 2.22. The van der Waals surface area contributed by atoms with Crippen LogP contribution in [0.2, 0.25) is 0 Å². The van der Waals surface area contributed by atoms with Gasteiger partial charge in [-0.05, 0) is 26.0 Å². The minimum absolute atomic E-state index is 0.193. The molecule has 2 heterocycles. The summed E-state index contributed by atoms with van der Waals surface area (Å²) in [4.78, 5) is 12.1. The minimum atomic E-state index is -1.00. The topological polar surface area (TPSA) is 96.3 Å². The summed E-state index contributed by atoms with van der Waals surface area (Å²) in [5.74, 6) is -1.78. The Balaban J connectivity index is 2.51. The van der Waals surface area contributed by atoms with Crippen molar-refractivity contribution in [2.24, 2.45) is 5.92 Å². The van der Waals surface area contributed by atoms with Gasteiger partial charge < -0.3 is 13.9 Å². The highest BCUT2D eigenvalue weighted by Gasteiger charge is 2.44. The normalized spacial score (nSPS) is 22.1. The third-order valence-corrected chi connectivity index (χ3v) is 3.08. The summed E-state index contributed by atoms with van der Waals surface area (Å²) in [5, 5.41) is 17.2. The number of nitriles is 1. The van der Waals surface area contributed by atoms with E-state index < -0.39 is 17.8 Å². The number of nitrogens with one attached hydrogen (secondary N) is 1. The van der Waals surface area contributed by atoms with Gasteiger partial charge in [-0.2, -0.15) is 5.26 Å². The quantitative estimate of drug-likeness (QED) is 0.853. The molecule has 20 heavy (non-hydrogen) atoms. The Morgan fingerprint density at radius 2 is 2.35 bits per heavy atom. The monoisotopic (exact) mass is 274 g/mol. The number of carbonyl (C=O) groups excluding carboxylic acids is 1. The van der Waals surface area contributed by atoms with Gasteiger partial charge in [-0.3, -0.25) is 10.2 Å². The molecule has 104 valence electrons. The van der Waals surface area contributed by atoms with Gasteiger partial charge in [0.25, 0.3) is 0 Å². The number of hydrogen-bond donors (Lipinski definition) is 1. The number of ether oxygens (including phenoxy) is 2. The van der Waals surface area contributed by atoms with E-state index in [-0.39, 0.29) is 18.1 Å². The third-order valence-electron chi connectivity index (χ3n) is 3.08. The summed E-state index contributed by atoms with van der Waals surface area (Å²) >= 11 is 0. The Kier molecular flexibility index (Phi) is 3.89. The predicted octanol–water partition coefficient (Wildman–Crippen LogP) is 2.35. The molecule has 1 aromatic rings. The molecule has 0 saturated heterocycles. The van der Waals surface area contributed by atoms with Crippen molar-refractivity contribution in [3.63, 3.8) is 0 Å². The van der Waals surface area contributed by atoms with Crippen LogP contribution in [0.15, 0.2) is 34.1 Å². The van der Waals surface area contributed by atoms with Gasteiger partial charge in [0.2, 0.25) is 5.90 Å². The van der Waals surface area contributed by atoms with Crippen LogP contribution in [0.3, 0.4) is 0 Å².